The first kappa shape index (κ1) is 9.73. The second-order valence-electron chi connectivity index (χ2n) is 3.37. The van der Waals surface area contributed by atoms with Crippen LogP contribution in [-0.4, -0.2) is 28.3 Å². The Morgan fingerprint density at radius 1 is 1.77 bits per heavy atom. The van der Waals surface area contributed by atoms with Crippen LogP contribution in [0.4, 0.5) is 0 Å². The minimum absolute atomic E-state index is 0.143. The highest BCUT2D eigenvalue weighted by atomic mass is 16.5. The Morgan fingerprint density at radius 2 is 2.46 bits per heavy atom. The molecule has 0 aromatic carbocycles. The standard InChI is InChI=1S/C8H12N2O3/c1-8(2,12)5-9-7(11)6-3-4-10-13-6/h3-4,12H,5H2,1-2H3,(H,9,11). The third-order valence-electron chi connectivity index (χ3n) is 1.34. The third kappa shape index (κ3) is 3.25. The van der Waals surface area contributed by atoms with Crippen molar-refractivity contribution in [3.8, 4) is 0 Å². The lowest BCUT2D eigenvalue weighted by atomic mass is 10.1. The van der Waals surface area contributed by atoms with E-state index in [2.05, 4.69) is 15.0 Å². The summed E-state index contributed by atoms with van der Waals surface area (Å²) < 4.78 is 4.62. The van der Waals surface area contributed by atoms with Crippen molar-refractivity contribution < 1.29 is 14.4 Å². The van der Waals surface area contributed by atoms with E-state index in [0.29, 0.717) is 0 Å². The molecule has 0 bridgehead atoms. The van der Waals surface area contributed by atoms with Crippen LogP contribution in [0.25, 0.3) is 0 Å². The summed E-state index contributed by atoms with van der Waals surface area (Å²) >= 11 is 0. The molecule has 1 amide bonds. The first-order chi connectivity index (χ1) is 5.99. The monoisotopic (exact) mass is 184 g/mol. The molecule has 0 aliphatic carbocycles. The number of nitrogens with one attached hydrogen (secondary N) is 1. The van der Waals surface area contributed by atoms with Crippen LogP contribution < -0.4 is 5.32 Å². The lowest BCUT2D eigenvalue weighted by Crippen LogP contribution is -2.38. The zero-order valence-electron chi connectivity index (χ0n) is 7.57. The van der Waals surface area contributed by atoms with Gasteiger partial charge in [0.1, 0.15) is 0 Å². The second kappa shape index (κ2) is 3.57. The number of hydrogen-bond donors (Lipinski definition) is 2. The molecule has 5 heteroatoms. The SMILES string of the molecule is CC(C)(O)CNC(=O)c1ccno1. The molecular weight excluding hydrogens is 172 g/mol. The molecule has 1 heterocycles. The van der Waals surface area contributed by atoms with Crippen LogP contribution in [0.1, 0.15) is 24.4 Å². The zero-order chi connectivity index (χ0) is 9.90. The van der Waals surface area contributed by atoms with Crippen LogP contribution in [0.5, 0.6) is 0 Å². The zero-order valence-corrected chi connectivity index (χ0v) is 7.57. The molecular formula is C8H12N2O3. The van der Waals surface area contributed by atoms with E-state index >= 15 is 0 Å². The van der Waals surface area contributed by atoms with Crippen molar-refractivity contribution in [1.29, 1.82) is 0 Å². The molecule has 5 nitrogen and oxygen atoms in total. The fraction of sp³-hybridized carbons (Fsp3) is 0.500. The summed E-state index contributed by atoms with van der Waals surface area (Å²) in [5.74, 6) is -0.233. The molecule has 1 aromatic heterocycles. The average Bonchev–Trinajstić information content (AvgIpc) is 2.50. The number of rotatable bonds is 3. The summed E-state index contributed by atoms with van der Waals surface area (Å²) in [6.07, 6.45) is 1.39. The van der Waals surface area contributed by atoms with Crippen LogP contribution in [0.3, 0.4) is 0 Å². The Kier molecular flexibility index (Phi) is 2.67. The van der Waals surface area contributed by atoms with Gasteiger partial charge < -0.3 is 14.9 Å². The number of nitrogens with zero attached hydrogens (tertiary/aromatic N) is 1. The van der Waals surface area contributed by atoms with Gasteiger partial charge in [0.25, 0.3) is 5.91 Å². The van der Waals surface area contributed by atoms with Gasteiger partial charge in [-0.1, -0.05) is 5.16 Å². The number of hydrogen-bond acceptors (Lipinski definition) is 4. The largest absolute Gasteiger partial charge is 0.389 e. The summed E-state index contributed by atoms with van der Waals surface area (Å²) in [6, 6.07) is 1.46. The first-order valence-corrected chi connectivity index (χ1v) is 3.90. The number of amides is 1. The predicted molar refractivity (Wildman–Crippen MR) is 45.1 cm³/mol. The fourth-order valence-electron chi connectivity index (χ4n) is 0.717. The Hall–Kier alpha value is -1.36. The molecule has 0 fully saturated rings. The summed E-state index contributed by atoms with van der Waals surface area (Å²) in [7, 11) is 0. The normalized spacial score (nSPS) is 11.3. The minimum atomic E-state index is -0.921. The van der Waals surface area contributed by atoms with Crippen molar-refractivity contribution in [2.75, 3.05) is 6.54 Å². The van der Waals surface area contributed by atoms with Gasteiger partial charge in [-0.05, 0) is 13.8 Å². The quantitative estimate of drug-likeness (QED) is 0.702. The van der Waals surface area contributed by atoms with Crippen LogP contribution in [0, 0.1) is 0 Å². The Morgan fingerprint density at radius 3 is 2.92 bits per heavy atom. The van der Waals surface area contributed by atoms with Gasteiger partial charge in [0.2, 0.25) is 5.76 Å². The van der Waals surface area contributed by atoms with E-state index in [9.17, 15) is 9.90 Å². The maximum Gasteiger partial charge on any atom is 0.289 e. The molecule has 0 aliphatic heterocycles. The van der Waals surface area contributed by atoms with Gasteiger partial charge in [-0.15, -0.1) is 0 Å². The van der Waals surface area contributed by atoms with Crippen molar-refractivity contribution in [3.05, 3.63) is 18.0 Å². The third-order valence-corrected chi connectivity index (χ3v) is 1.34. The van der Waals surface area contributed by atoms with Crippen LogP contribution in [0.15, 0.2) is 16.8 Å². The fourth-order valence-corrected chi connectivity index (χ4v) is 0.717. The highest BCUT2D eigenvalue weighted by molar-refractivity contribution is 5.91. The lowest BCUT2D eigenvalue weighted by Gasteiger charge is -2.16. The molecule has 0 atom stereocenters. The maximum absolute atomic E-state index is 11.2. The molecule has 1 aromatic rings. The summed E-state index contributed by atoms with van der Waals surface area (Å²) in [6.45, 7) is 3.38. The van der Waals surface area contributed by atoms with Crippen molar-refractivity contribution in [1.82, 2.24) is 10.5 Å². The molecule has 0 saturated heterocycles. The van der Waals surface area contributed by atoms with Crippen molar-refractivity contribution >= 4 is 5.91 Å². The van der Waals surface area contributed by atoms with Gasteiger partial charge in [-0.25, -0.2) is 0 Å². The second-order valence-corrected chi connectivity index (χ2v) is 3.37. The predicted octanol–water partition coefficient (Wildman–Crippen LogP) is 0.175. The van der Waals surface area contributed by atoms with Crippen molar-refractivity contribution in [2.45, 2.75) is 19.4 Å². The first-order valence-electron chi connectivity index (χ1n) is 3.90. The molecule has 0 spiro atoms. The van der Waals surface area contributed by atoms with E-state index in [1.807, 2.05) is 0 Å². The molecule has 1 rings (SSSR count). The van der Waals surface area contributed by atoms with E-state index in [-0.39, 0.29) is 18.2 Å². The lowest BCUT2D eigenvalue weighted by molar-refractivity contribution is 0.0676. The number of carbonyl (C=O) groups is 1. The van der Waals surface area contributed by atoms with Gasteiger partial charge in [0.15, 0.2) is 0 Å². The highest BCUT2D eigenvalue weighted by Crippen LogP contribution is 2.00. The van der Waals surface area contributed by atoms with E-state index < -0.39 is 5.60 Å². The minimum Gasteiger partial charge on any atom is -0.389 e. The molecule has 13 heavy (non-hydrogen) atoms. The molecule has 2 N–H and O–H groups in total. The van der Waals surface area contributed by atoms with Crippen LogP contribution in [0.2, 0.25) is 0 Å². The molecule has 0 saturated carbocycles. The number of aromatic nitrogens is 1. The van der Waals surface area contributed by atoms with Crippen molar-refractivity contribution in [3.63, 3.8) is 0 Å². The average molecular weight is 184 g/mol. The van der Waals surface area contributed by atoms with E-state index in [1.165, 1.54) is 12.3 Å². The number of carbonyl (C=O) groups excluding carboxylic acids is 1. The van der Waals surface area contributed by atoms with E-state index in [4.69, 9.17) is 0 Å². The van der Waals surface area contributed by atoms with Gasteiger partial charge in [-0.3, -0.25) is 4.79 Å². The van der Waals surface area contributed by atoms with Gasteiger partial charge in [0.05, 0.1) is 11.8 Å². The van der Waals surface area contributed by atoms with E-state index in [1.54, 1.807) is 13.8 Å². The molecule has 0 radical (unpaired) electrons. The Labute approximate surface area is 75.7 Å². The maximum atomic E-state index is 11.2. The topological polar surface area (TPSA) is 75.4 Å². The smallest absolute Gasteiger partial charge is 0.289 e. The van der Waals surface area contributed by atoms with Gasteiger partial charge >= 0.3 is 0 Å². The summed E-state index contributed by atoms with van der Waals surface area (Å²) in [4.78, 5) is 11.2. The summed E-state index contributed by atoms with van der Waals surface area (Å²) in [5.41, 5.74) is -0.921. The van der Waals surface area contributed by atoms with E-state index in [0.717, 1.165) is 0 Å². The Bertz CT molecular complexity index is 274. The molecule has 0 unspecified atom stereocenters. The number of aliphatic hydroxyl groups is 1. The van der Waals surface area contributed by atoms with Crippen LogP contribution in [-0.2, 0) is 0 Å². The Balaban J connectivity index is 2.44. The molecule has 0 aliphatic rings. The van der Waals surface area contributed by atoms with Crippen LogP contribution >= 0.6 is 0 Å². The molecule has 72 valence electrons. The van der Waals surface area contributed by atoms with Gasteiger partial charge in [0, 0.05) is 12.6 Å². The van der Waals surface area contributed by atoms with Crippen molar-refractivity contribution in [2.24, 2.45) is 0 Å². The highest BCUT2D eigenvalue weighted by Gasteiger charge is 2.16. The van der Waals surface area contributed by atoms with Gasteiger partial charge in [-0.2, -0.15) is 0 Å². The summed E-state index contributed by atoms with van der Waals surface area (Å²) in [5, 5.41) is 15.2.